The van der Waals surface area contributed by atoms with Gasteiger partial charge in [-0.2, -0.15) is 5.26 Å². The number of hydrogen-bond acceptors (Lipinski definition) is 3. The van der Waals surface area contributed by atoms with Crippen molar-refractivity contribution in [3.8, 4) is 17.6 Å². The molecule has 0 unspecified atom stereocenters. The summed E-state index contributed by atoms with van der Waals surface area (Å²) in [5.74, 6) is 0.358. The number of nitrogens with two attached hydrogens (primary N) is 1. The van der Waals surface area contributed by atoms with Crippen molar-refractivity contribution < 1.29 is 9.13 Å². The largest absolute Gasteiger partial charge is 0.456 e. The van der Waals surface area contributed by atoms with Gasteiger partial charge in [0.05, 0.1) is 5.56 Å². The summed E-state index contributed by atoms with van der Waals surface area (Å²) in [7, 11) is 0. The molecular formula is C14H11FN2O. The number of benzene rings is 2. The second-order valence-corrected chi connectivity index (χ2v) is 3.71. The van der Waals surface area contributed by atoms with Gasteiger partial charge in [0, 0.05) is 12.6 Å². The summed E-state index contributed by atoms with van der Waals surface area (Å²) >= 11 is 0. The van der Waals surface area contributed by atoms with Crippen LogP contribution >= 0.6 is 0 Å². The molecule has 0 aliphatic carbocycles. The van der Waals surface area contributed by atoms with E-state index in [0.29, 0.717) is 23.6 Å². The second-order valence-electron chi connectivity index (χ2n) is 3.71. The minimum Gasteiger partial charge on any atom is -0.456 e. The minimum absolute atomic E-state index is 0.354. The Morgan fingerprint density at radius 3 is 2.72 bits per heavy atom. The molecule has 18 heavy (non-hydrogen) atoms. The molecular weight excluding hydrogens is 231 g/mol. The number of halogens is 1. The van der Waals surface area contributed by atoms with Gasteiger partial charge in [-0.15, -0.1) is 0 Å². The molecule has 0 radical (unpaired) electrons. The fourth-order valence-electron chi connectivity index (χ4n) is 1.54. The Bertz CT molecular complexity index is 605. The summed E-state index contributed by atoms with van der Waals surface area (Å²) in [6.07, 6.45) is 0. The lowest BCUT2D eigenvalue weighted by Crippen LogP contribution is -1.97. The van der Waals surface area contributed by atoms with Crippen LogP contribution in [-0.4, -0.2) is 0 Å². The fourth-order valence-corrected chi connectivity index (χ4v) is 1.54. The highest BCUT2D eigenvalue weighted by Gasteiger charge is 2.06. The van der Waals surface area contributed by atoms with E-state index >= 15 is 0 Å². The lowest BCUT2D eigenvalue weighted by Gasteiger charge is -2.08. The molecule has 0 amide bonds. The highest BCUT2D eigenvalue weighted by Crippen LogP contribution is 2.26. The number of hydrogen-bond donors (Lipinski definition) is 1. The Morgan fingerprint density at radius 2 is 2.06 bits per heavy atom. The standard InChI is InChI=1S/C14H11FN2O/c15-12-2-1-3-13(7-12)18-14-5-4-10(8-16)6-11(14)9-17/h1-7H,8,16H2. The van der Waals surface area contributed by atoms with Crippen LogP contribution in [0.1, 0.15) is 11.1 Å². The van der Waals surface area contributed by atoms with Crippen molar-refractivity contribution in [3.63, 3.8) is 0 Å². The van der Waals surface area contributed by atoms with E-state index in [0.717, 1.165) is 5.56 Å². The molecule has 0 atom stereocenters. The van der Waals surface area contributed by atoms with E-state index in [2.05, 4.69) is 0 Å². The zero-order valence-corrected chi connectivity index (χ0v) is 9.56. The molecule has 2 aromatic carbocycles. The predicted octanol–water partition coefficient (Wildman–Crippen LogP) is 2.95. The summed E-state index contributed by atoms with van der Waals surface area (Å²) < 4.78 is 18.5. The Balaban J connectivity index is 2.32. The fraction of sp³-hybridized carbons (Fsp3) is 0.0714. The van der Waals surface area contributed by atoms with Crippen LogP contribution in [0, 0.1) is 17.1 Å². The highest BCUT2D eigenvalue weighted by molar-refractivity contribution is 5.47. The van der Waals surface area contributed by atoms with Gasteiger partial charge in [-0.3, -0.25) is 0 Å². The first-order valence-electron chi connectivity index (χ1n) is 5.39. The normalized spacial score (nSPS) is 9.83. The van der Waals surface area contributed by atoms with Gasteiger partial charge in [-0.25, -0.2) is 4.39 Å². The molecule has 90 valence electrons. The van der Waals surface area contributed by atoms with Crippen molar-refractivity contribution in [2.75, 3.05) is 0 Å². The maximum atomic E-state index is 13.0. The molecule has 2 rings (SSSR count). The van der Waals surface area contributed by atoms with Crippen LogP contribution in [-0.2, 0) is 6.54 Å². The first-order chi connectivity index (χ1) is 8.72. The van der Waals surface area contributed by atoms with Crippen LogP contribution in [0.4, 0.5) is 4.39 Å². The number of nitriles is 1. The summed E-state index contributed by atoms with van der Waals surface area (Å²) in [4.78, 5) is 0. The minimum atomic E-state index is -0.385. The van der Waals surface area contributed by atoms with Crippen molar-refractivity contribution in [2.24, 2.45) is 5.73 Å². The first kappa shape index (κ1) is 12.1. The average Bonchev–Trinajstić information content (AvgIpc) is 2.39. The van der Waals surface area contributed by atoms with Crippen molar-refractivity contribution in [1.29, 1.82) is 5.26 Å². The Labute approximate surface area is 104 Å². The summed E-state index contributed by atoms with van der Waals surface area (Å²) in [5.41, 5.74) is 6.72. The Hall–Kier alpha value is -2.38. The topological polar surface area (TPSA) is 59.0 Å². The average molecular weight is 242 g/mol. The molecule has 2 N–H and O–H groups in total. The molecule has 0 aliphatic heterocycles. The number of nitrogens with zero attached hydrogens (tertiary/aromatic N) is 1. The van der Waals surface area contributed by atoms with Crippen LogP contribution in [0.25, 0.3) is 0 Å². The van der Waals surface area contributed by atoms with E-state index < -0.39 is 0 Å². The van der Waals surface area contributed by atoms with Crippen LogP contribution < -0.4 is 10.5 Å². The summed E-state index contributed by atoms with van der Waals surface area (Å²) in [6.45, 7) is 0.356. The van der Waals surface area contributed by atoms with Crippen LogP contribution in [0.2, 0.25) is 0 Å². The van der Waals surface area contributed by atoms with Crippen molar-refractivity contribution in [2.45, 2.75) is 6.54 Å². The maximum absolute atomic E-state index is 13.0. The van der Waals surface area contributed by atoms with Crippen LogP contribution in [0.5, 0.6) is 11.5 Å². The lowest BCUT2D eigenvalue weighted by atomic mass is 10.1. The maximum Gasteiger partial charge on any atom is 0.145 e. The van der Waals surface area contributed by atoms with Crippen molar-refractivity contribution >= 4 is 0 Å². The summed E-state index contributed by atoms with van der Waals surface area (Å²) in [6, 6.07) is 12.9. The Morgan fingerprint density at radius 1 is 1.22 bits per heavy atom. The van der Waals surface area contributed by atoms with E-state index in [1.54, 1.807) is 30.3 Å². The van der Waals surface area contributed by atoms with Gasteiger partial charge in [0.1, 0.15) is 23.4 Å². The van der Waals surface area contributed by atoms with Gasteiger partial charge >= 0.3 is 0 Å². The number of rotatable bonds is 3. The quantitative estimate of drug-likeness (QED) is 0.900. The molecule has 3 nitrogen and oxygen atoms in total. The van der Waals surface area contributed by atoms with Crippen LogP contribution in [0.3, 0.4) is 0 Å². The van der Waals surface area contributed by atoms with E-state index in [9.17, 15) is 4.39 Å². The van der Waals surface area contributed by atoms with Crippen molar-refractivity contribution in [1.82, 2.24) is 0 Å². The molecule has 0 spiro atoms. The molecule has 0 aromatic heterocycles. The van der Waals surface area contributed by atoms with Gasteiger partial charge in [0.25, 0.3) is 0 Å². The van der Waals surface area contributed by atoms with E-state index in [1.165, 1.54) is 12.1 Å². The molecule has 0 bridgehead atoms. The van der Waals surface area contributed by atoms with Gasteiger partial charge < -0.3 is 10.5 Å². The van der Waals surface area contributed by atoms with Crippen LogP contribution in [0.15, 0.2) is 42.5 Å². The predicted molar refractivity (Wildman–Crippen MR) is 65.5 cm³/mol. The Kier molecular flexibility index (Phi) is 3.56. The van der Waals surface area contributed by atoms with Gasteiger partial charge in [0.2, 0.25) is 0 Å². The third kappa shape index (κ3) is 2.65. The SMILES string of the molecule is N#Cc1cc(CN)ccc1Oc1cccc(F)c1. The third-order valence-electron chi connectivity index (χ3n) is 2.42. The molecule has 4 heteroatoms. The molecule has 0 saturated heterocycles. The monoisotopic (exact) mass is 242 g/mol. The van der Waals surface area contributed by atoms with Crippen molar-refractivity contribution in [3.05, 3.63) is 59.4 Å². The lowest BCUT2D eigenvalue weighted by molar-refractivity contribution is 0.475. The zero-order chi connectivity index (χ0) is 13.0. The van der Waals surface area contributed by atoms with E-state index in [-0.39, 0.29) is 5.82 Å². The van der Waals surface area contributed by atoms with Gasteiger partial charge in [-0.05, 0) is 29.8 Å². The van der Waals surface area contributed by atoms with Gasteiger partial charge in [0.15, 0.2) is 0 Å². The third-order valence-corrected chi connectivity index (χ3v) is 2.42. The number of ether oxygens (including phenoxy) is 1. The van der Waals surface area contributed by atoms with E-state index in [4.69, 9.17) is 15.7 Å². The molecule has 0 aliphatic rings. The smallest absolute Gasteiger partial charge is 0.145 e. The second kappa shape index (κ2) is 5.30. The zero-order valence-electron chi connectivity index (χ0n) is 9.56. The van der Waals surface area contributed by atoms with Gasteiger partial charge in [-0.1, -0.05) is 12.1 Å². The highest BCUT2D eigenvalue weighted by atomic mass is 19.1. The first-order valence-corrected chi connectivity index (χ1v) is 5.39. The van der Waals surface area contributed by atoms with E-state index in [1.807, 2.05) is 6.07 Å². The molecule has 0 fully saturated rings. The molecule has 0 saturated carbocycles. The molecule has 0 heterocycles. The molecule has 2 aromatic rings. The summed E-state index contributed by atoms with van der Waals surface area (Å²) in [5, 5.41) is 9.03.